The molecular weight excluding hydrogens is 216 g/mol. The van der Waals surface area contributed by atoms with Gasteiger partial charge in [-0.15, -0.1) is 0 Å². The number of ether oxygens (including phenoxy) is 2. The molecule has 0 amide bonds. The summed E-state index contributed by atoms with van der Waals surface area (Å²) in [7, 11) is 3.04. The average molecular weight is 234 g/mol. The fourth-order valence-electron chi connectivity index (χ4n) is 2.54. The summed E-state index contributed by atoms with van der Waals surface area (Å²) < 4.78 is 10.1. The van der Waals surface area contributed by atoms with Gasteiger partial charge in [0.25, 0.3) is 0 Å². The number of carbonyl (C=O) groups excluding carboxylic acids is 1. The molecule has 1 aromatic rings. The molecule has 17 heavy (non-hydrogen) atoms. The van der Waals surface area contributed by atoms with E-state index in [0.717, 1.165) is 18.6 Å². The van der Waals surface area contributed by atoms with Gasteiger partial charge in [0.1, 0.15) is 5.75 Å². The molecule has 0 N–H and O–H groups in total. The van der Waals surface area contributed by atoms with Crippen LogP contribution in [0.2, 0.25) is 0 Å². The van der Waals surface area contributed by atoms with Gasteiger partial charge in [-0.25, -0.2) is 4.79 Å². The Morgan fingerprint density at radius 2 is 1.94 bits per heavy atom. The van der Waals surface area contributed by atoms with Crippen LogP contribution in [0.4, 0.5) is 0 Å². The van der Waals surface area contributed by atoms with Crippen molar-refractivity contribution in [1.82, 2.24) is 0 Å². The number of fused-ring (bicyclic) bond motifs is 1. The molecular formula is C14H18O3. The van der Waals surface area contributed by atoms with E-state index in [-0.39, 0.29) is 11.4 Å². The highest BCUT2D eigenvalue weighted by atomic mass is 16.5. The van der Waals surface area contributed by atoms with E-state index in [2.05, 4.69) is 13.8 Å². The van der Waals surface area contributed by atoms with Crippen LogP contribution < -0.4 is 4.74 Å². The molecule has 0 heterocycles. The number of esters is 1. The summed E-state index contributed by atoms with van der Waals surface area (Å²) in [6, 6.07) is 3.70. The molecule has 0 bridgehead atoms. The monoisotopic (exact) mass is 234 g/mol. The van der Waals surface area contributed by atoms with Crippen LogP contribution in [0.5, 0.6) is 5.75 Å². The lowest BCUT2D eigenvalue weighted by Crippen LogP contribution is -2.09. The SMILES string of the molecule is COC(=O)c1cc2c(c(OC)c1)CC(C)(C)C2. The van der Waals surface area contributed by atoms with Gasteiger partial charge >= 0.3 is 5.97 Å². The number of hydrogen-bond acceptors (Lipinski definition) is 3. The fraction of sp³-hybridized carbons (Fsp3) is 0.500. The van der Waals surface area contributed by atoms with Crippen molar-refractivity contribution in [2.75, 3.05) is 14.2 Å². The zero-order chi connectivity index (χ0) is 12.6. The minimum absolute atomic E-state index is 0.240. The summed E-state index contributed by atoms with van der Waals surface area (Å²) in [5.74, 6) is 0.490. The molecule has 0 unspecified atom stereocenters. The summed E-state index contributed by atoms with van der Waals surface area (Å²) in [6.07, 6.45) is 1.97. The molecule has 0 saturated carbocycles. The third-order valence-corrected chi connectivity index (χ3v) is 3.27. The topological polar surface area (TPSA) is 35.5 Å². The first-order valence-corrected chi connectivity index (χ1v) is 5.75. The maximum atomic E-state index is 11.6. The molecule has 3 heteroatoms. The Balaban J connectivity index is 2.49. The van der Waals surface area contributed by atoms with Crippen LogP contribution in [0.3, 0.4) is 0 Å². The Kier molecular flexibility index (Phi) is 2.86. The van der Waals surface area contributed by atoms with Gasteiger partial charge in [0.05, 0.1) is 19.8 Å². The number of hydrogen-bond donors (Lipinski definition) is 0. The Morgan fingerprint density at radius 1 is 1.24 bits per heavy atom. The normalized spacial score (nSPS) is 16.5. The molecule has 0 atom stereocenters. The highest BCUT2D eigenvalue weighted by Crippen LogP contribution is 2.41. The third kappa shape index (κ3) is 2.14. The predicted octanol–water partition coefficient (Wildman–Crippen LogP) is 2.61. The molecule has 3 nitrogen and oxygen atoms in total. The molecule has 0 saturated heterocycles. The maximum absolute atomic E-state index is 11.6. The molecule has 1 aliphatic rings. The van der Waals surface area contributed by atoms with Crippen molar-refractivity contribution in [3.05, 3.63) is 28.8 Å². The number of rotatable bonds is 2. The summed E-state index contributed by atoms with van der Waals surface area (Å²) in [4.78, 5) is 11.6. The van der Waals surface area contributed by atoms with Crippen LogP contribution in [-0.4, -0.2) is 20.2 Å². The van der Waals surface area contributed by atoms with Gasteiger partial charge in [0, 0.05) is 0 Å². The van der Waals surface area contributed by atoms with E-state index in [0.29, 0.717) is 5.56 Å². The van der Waals surface area contributed by atoms with Crippen LogP contribution >= 0.6 is 0 Å². The van der Waals surface area contributed by atoms with Gasteiger partial charge in [0.2, 0.25) is 0 Å². The van der Waals surface area contributed by atoms with Gasteiger partial charge in [-0.3, -0.25) is 0 Å². The molecule has 0 spiro atoms. The largest absolute Gasteiger partial charge is 0.496 e. The van der Waals surface area contributed by atoms with E-state index >= 15 is 0 Å². The van der Waals surface area contributed by atoms with Crippen LogP contribution in [0.15, 0.2) is 12.1 Å². The van der Waals surface area contributed by atoms with Gasteiger partial charge in [-0.2, -0.15) is 0 Å². The predicted molar refractivity (Wildman–Crippen MR) is 65.5 cm³/mol. The number of methoxy groups -OCH3 is 2. The standard InChI is InChI=1S/C14H18O3/c1-14(2)7-10-5-9(13(15)17-4)6-12(16-3)11(10)8-14/h5-6H,7-8H2,1-4H3. The third-order valence-electron chi connectivity index (χ3n) is 3.27. The smallest absolute Gasteiger partial charge is 0.337 e. The van der Waals surface area contributed by atoms with Crippen LogP contribution in [0, 0.1) is 5.41 Å². The quantitative estimate of drug-likeness (QED) is 0.738. The second-order valence-corrected chi connectivity index (χ2v) is 5.33. The Morgan fingerprint density at radius 3 is 2.53 bits per heavy atom. The van der Waals surface area contributed by atoms with Crippen molar-refractivity contribution in [3.8, 4) is 5.75 Å². The zero-order valence-electron chi connectivity index (χ0n) is 10.8. The number of benzene rings is 1. The van der Waals surface area contributed by atoms with E-state index in [9.17, 15) is 4.79 Å². The first kappa shape index (κ1) is 12.0. The Labute approximate surface area is 102 Å². The van der Waals surface area contributed by atoms with E-state index < -0.39 is 0 Å². The van der Waals surface area contributed by atoms with Crippen molar-refractivity contribution in [1.29, 1.82) is 0 Å². The molecule has 2 rings (SSSR count). The van der Waals surface area contributed by atoms with Gasteiger partial charge in [0.15, 0.2) is 0 Å². The van der Waals surface area contributed by atoms with E-state index in [1.54, 1.807) is 13.2 Å². The molecule has 0 aliphatic heterocycles. The summed E-state index contributed by atoms with van der Waals surface area (Å²) >= 11 is 0. The highest BCUT2D eigenvalue weighted by Gasteiger charge is 2.31. The second kappa shape index (κ2) is 4.06. The van der Waals surface area contributed by atoms with Crippen LogP contribution in [0.25, 0.3) is 0 Å². The van der Waals surface area contributed by atoms with Gasteiger partial charge in [-0.05, 0) is 41.5 Å². The lowest BCUT2D eigenvalue weighted by molar-refractivity contribution is 0.0600. The average Bonchev–Trinajstić information content (AvgIpc) is 2.60. The molecule has 0 radical (unpaired) electrons. The fourth-order valence-corrected chi connectivity index (χ4v) is 2.54. The minimum Gasteiger partial charge on any atom is -0.496 e. The maximum Gasteiger partial charge on any atom is 0.337 e. The van der Waals surface area contributed by atoms with E-state index in [1.165, 1.54) is 18.2 Å². The Bertz CT molecular complexity index is 461. The molecule has 0 aromatic heterocycles. The van der Waals surface area contributed by atoms with Crippen molar-refractivity contribution in [3.63, 3.8) is 0 Å². The van der Waals surface area contributed by atoms with Crippen molar-refractivity contribution in [2.24, 2.45) is 5.41 Å². The molecule has 1 aromatic carbocycles. The first-order valence-electron chi connectivity index (χ1n) is 5.75. The zero-order valence-corrected chi connectivity index (χ0v) is 10.8. The van der Waals surface area contributed by atoms with Crippen molar-refractivity contribution >= 4 is 5.97 Å². The second-order valence-electron chi connectivity index (χ2n) is 5.33. The first-order chi connectivity index (χ1) is 7.96. The van der Waals surface area contributed by atoms with E-state index in [1.807, 2.05) is 6.07 Å². The van der Waals surface area contributed by atoms with Gasteiger partial charge in [-0.1, -0.05) is 13.8 Å². The molecule has 1 aliphatic carbocycles. The minimum atomic E-state index is -0.309. The summed E-state index contributed by atoms with van der Waals surface area (Å²) in [5, 5.41) is 0. The molecule has 92 valence electrons. The summed E-state index contributed by atoms with van der Waals surface area (Å²) in [5.41, 5.74) is 3.24. The molecule has 0 fully saturated rings. The van der Waals surface area contributed by atoms with Crippen LogP contribution in [-0.2, 0) is 17.6 Å². The Hall–Kier alpha value is -1.51. The lowest BCUT2D eigenvalue weighted by atomic mass is 9.90. The lowest BCUT2D eigenvalue weighted by Gasteiger charge is -2.15. The van der Waals surface area contributed by atoms with Crippen molar-refractivity contribution < 1.29 is 14.3 Å². The van der Waals surface area contributed by atoms with Crippen LogP contribution in [0.1, 0.15) is 35.3 Å². The highest BCUT2D eigenvalue weighted by molar-refractivity contribution is 5.90. The van der Waals surface area contributed by atoms with E-state index in [4.69, 9.17) is 9.47 Å². The summed E-state index contributed by atoms with van der Waals surface area (Å²) in [6.45, 7) is 4.45. The van der Waals surface area contributed by atoms with Crippen molar-refractivity contribution in [2.45, 2.75) is 26.7 Å². The van der Waals surface area contributed by atoms with Gasteiger partial charge < -0.3 is 9.47 Å². The number of carbonyl (C=O) groups is 1.